The maximum Gasteiger partial charge on any atom is 0.265 e. The molecule has 3 rings (SSSR count). The van der Waals surface area contributed by atoms with E-state index in [0.29, 0.717) is 16.2 Å². The minimum atomic E-state index is -0.0811. The highest BCUT2D eigenvalue weighted by atomic mass is 79.9. The van der Waals surface area contributed by atoms with Crippen LogP contribution in [0.1, 0.15) is 49.2 Å². The fourth-order valence-electron chi connectivity index (χ4n) is 2.07. The Labute approximate surface area is 102 Å². The number of hydrogen-bond donors (Lipinski definition) is 1. The maximum absolute atomic E-state index is 11.8. The van der Waals surface area contributed by atoms with Gasteiger partial charge >= 0.3 is 0 Å². The Balaban J connectivity index is 2.02. The Morgan fingerprint density at radius 3 is 2.81 bits per heavy atom. The molecule has 1 aliphatic heterocycles. The van der Waals surface area contributed by atoms with Crippen LogP contribution in [0.5, 0.6) is 0 Å². The van der Waals surface area contributed by atoms with E-state index >= 15 is 0 Å². The second-order valence-electron chi connectivity index (χ2n) is 4.43. The van der Waals surface area contributed by atoms with Gasteiger partial charge in [0, 0.05) is 12.5 Å². The van der Waals surface area contributed by atoms with Gasteiger partial charge in [-0.2, -0.15) is 0 Å². The molecule has 4 nitrogen and oxygen atoms in total. The predicted molar refractivity (Wildman–Crippen MR) is 62.5 cm³/mol. The van der Waals surface area contributed by atoms with Crippen molar-refractivity contribution in [2.75, 3.05) is 6.61 Å². The average Bonchev–Trinajstić information content (AvgIpc) is 2.96. The van der Waals surface area contributed by atoms with Gasteiger partial charge in [-0.25, -0.2) is 4.98 Å². The number of aromatic nitrogens is 2. The lowest BCUT2D eigenvalue weighted by molar-refractivity contribution is 0.104. The van der Waals surface area contributed by atoms with Crippen LogP contribution in [-0.4, -0.2) is 16.6 Å². The minimum absolute atomic E-state index is 0.0155. The zero-order valence-electron chi connectivity index (χ0n) is 8.83. The summed E-state index contributed by atoms with van der Waals surface area (Å²) < 4.78 is 6.14. The Kier molecular flexibility index (Phi) is 2.59. The van der Waals surface area contributed by atoms with Crippen LogP contribution < -0.4 is 5.56 Å². The van der Waals surface area contributed by atoms with Gasteiger partial charge in [0.15, 0.2) is 0 Å². The number of hydrogen-bond acceptors (Lipinski definition) is 3. The Morgan fingerprint density at radius 1 is 1.38 bits per heavy atom. The normalized spacial score (nSPS) is 24.9. The summed E-state index contributed by atoms with van der Waals surface area (Å²) in [4.78, 5) is 19.1. The molecule has 2 fully saturated rings. The largest absolute Gasteiger partial charge is 0.370 e. The molecule has 1 aromatic heterocycles. The van der Waals surface area contributed by atoms with Gasteiger partial charge in [0.25, 0.3) is 5.56 Å². The monoisotopic (exact) mass is 284 g/mol. The van der Waals surface area contributed by atoms with Crippen LogP contribution >= 0.6 is 15.9 Å². The zero-order chi connectivity index (χ0) is 11.1. The molecule has 1 aliphatic carbocycles. The van der Waals surface area contributed by atoms with Crippen molar-refractivity contribution in [2.24, 2.45) is 0 Å². The molecule has 1 saturated heterocycles. The second-order valence-corrected chi connectivity index (χ2v) is 5.22. The number of nitrogens with zero attached hydrogens (tertiary/aromatic N) is 1. The molecule has 0 radical (unpaired) electrons. The summed E-state index contributed by atoms with van der Waals surface area (Å²) in [5.41, 5.74) is 0.830. The van der Waals surface area contributed by atoms with Gasteiger partial charge in [-0.15, -0.1) is 0 Å². The highest BCUT2D eigenvalue weighted by Crippen LogP contribution is 2.41. The molecule has 1 atom stereocenters. The molecule has 0 aromatic carbocycles. The molecule has 1 N–H and O–H groups in total. The van der Waals surface area contributed by atoms with Crippen molar-refractivity contribution in [1.82, 2.24) is 9.97 Å². The quantitative estimate of drug-likeness (QED) is 0.906. The Hall–Kier alpha value is -0.680. The van der Waals surface area contributed by atoms with E-state index in [-0.39, 0.29) is 11.7 Å². The standard InChI is InChI=1S/C11H13BrN2O2/c12-8-9(6-3-4-6)13-10(14-11(8)15)7-2-1-5-16-7/h6-7H,1-5H2,(H,13,14,15). The first kappa shape index (κ1) is 10.5. The third-order valence-corrected chi connectivity index (χ3v) is 3.87. The van der Waals surface area contributed by atoms with Crippen LogP contribution in [0, 0.1) is 0 Å². The number of halogens is 1. The molecule has 0 amide bonds. The number of aromatic amines is 1. The lowest BCUT2D eigenvalue weighted by Crippen LogP contribution is -2.17. The van der Waals surface area contributed by atoms with Crippen molar-refractivity contribution in [2.45, 2.75) is 37.7 Å². The molecule has 5 heteroatoms. The van der Waals surface area contributed by atoms with Crippen LogP contribution in [0.3, 0.4) is 0 Å². The molecule has 2 heterocycles. The van der Waals surface area contributed by atoms with Gasteiger partial charge in [0.05, 0.1) is 5.69 Å². The van der Waals surface area contributed by atoms with E-state index in [1.807, 2.05) is 0 Å². The highest BCUT2D eigenvalue weighted by Gasteiger charge is 2.30. The van der Waals surface area contributed by atoms with E-state index in [0.717, 1.165) is 38.0 Å². The first-order valence-corrected chi connectivity index (χ1v) is 6.46. The molecular weight excluding hydrogens is 272 g/mol. The third kappa shape index (κ3) is 1.82. The van der Waals surface area contributed by atoms with Crippen molar-refractivity contribution < 1.29 is 4.74 Å². The van der Waals surface area contributed by atoms with Crippen LogP contribution in [0.25, 0.3) is 0 Å². The SMILES string of the molecule is O=c1[nH]c(C2CCCO2)nc(C2CC2)c1Br. The minimum Gasteiger partial charge on any atom is -0.370 e. The maximum atomic E-state index is 11.8. The van der Waals surface area contributed by atoms with E-state index in [1.54, 1.807) is 0 Å². The fraction of sp³-hybridized carbons (Fsp3) is 0.636. The smallest absolute Gasteiger partial charge is 0.265 e. The van der Waals surface area contributed by atoms with Gasteiger partial charge in [-0.3, -0.25) is 4.79 Å². The summed E-state index contributed by atoms with van der Waals surface area (Å²) in [7, 11) is 0. The van der Waals surface area contributed by atoms with E-state index in [1.165, 1.54) is 0 Å². The van der Waals surface area contributed by atoms with E-state index in [9.17, 15) is 4.79 Å². The summed E-state index contributed by atoms with van der Waals surface area (Å²) in [6, 6.07) is 0. The molecule has 2 aliphatic rings. The summed E-state index contributed by atoms with van der Waals surface area (Å²) in [5, 5.41) is 0. The summed E-state index contributed by atoms with van der Waals surface area (Å²) in [6.07, 6.45) is 4.26. The first-order chi connectivity index (χ1) is 7.75. The predicted octanol–water partition coefficient (Wildman–Crippen LogP) is 2.26. The molecule has 0 bridgehead atoms. The molecule has 86 valence electrons. The molecule has 16 heavy (non-hydrogen) atoms. The summed E-state index contributed by atoms with van der Waals surface area (Å²) >= 11 is 3.32. The van der Waals surface area contributed by atoms with Crippen molar-refractivity contribution in [1.29, 1.82) is 0 Å². The topological polar surface area (TPSA) is 55.0 Å². The average molecular weight is 285 g/mol. The van der Waals surface area contributed by atoms with Crippen molar-refractivity contribution >= 4 is 15.9 Å². The summed E-state index contributed by atoms with van der Waals surface area (Å²) in [6.45, 7) is 0.767. The van der Waals surface area contributed by atoms with Gasteiger partial charge in [-0.05, 0) is 41.6 Å². The van der Waals surface area contributed by atoms with Crippen molar-refractivity contribution in [3.05, 3.63) is 26.3 Å². The van der Waals surface area contributed by atoms with Crippen molar-refractivity contribution in [3.63, 3.8) is 0 Å². The van der Waals surface area contributed by atoms with Gasteiger partial charge in [0.1, 0.15) is 16.4 Å². The number of rotatable bonds is 2. The van der Waals surface area contributed by atoms with Crippen LogP contribution in [0.15, 0.2) is 9.27 Å². The lowest BCUT2D eigenvalue weighted by Gasteiger charge is -2.10. The Morgan fingerprint density at radius 2 is 2.19 bits per heavy atom. The van der Waals surface area contributed by atoms with Crippen LogP contribution in [0.4, 0.5) is 0 Å². The van der Waals surface area contributed by atoms with Gasteiger partial charge in [-0.1, -0.05) is 0 Å². The molecule has 1 unspecified atom stereocenters. The first-order valence-electron chi connectivity index (χ1n) is 5.67. The Bertz CT molecular complexity index is 462. The molecular formula is C11H13BrN2O2. The number of H-pyrrole nitrogens is 1. The highest BCUT2D eigenvalue weighted by molar-refractivity contribution is 9.10. The van der Waals surface area contributed by atoms with Gasteiger partial charge in [0.2, 0.25) is 0 Å². The number of nitrogens with one attached hydrogen (secondary N) is 1. The van der Waals surface area contributed by atoms with E-state index in [4.69, 9.17) is 4.74 Å². The molecule has 1 aromatic rings. The molecule has 0 spiro atoms. The summed E-state index contributed by atoms with van der Waals surface area (Å²) in [5.74, 6) is 1.17. The fourth-order valence-corrected chi connectivity index (χ4v) is 2.58. The molecule has 1 saturated carbocycles. The van der Waals surface area contributed by atoms with E-state index < -0.39 is 0 Å². The van der Waals surface area contributed by atoms with Crippen LogP contribution in [-0.2, 0) is 4.74 Å². The van der Waals surface area contributed by atoms with Crippen LogP contribution in [0.2, 0.25) is 0 Å². The lowest BCUT2D eigenvalue weighted by atomic mass is 10.2. The van der Waals surface area contributed by atoms with Crippen molar-refractivity contribution in [3.8, 4) is 0 Å². The second kappa shape index (κ2) is 3.96. The zero-order valence-corrected chi connectivity index (χ0v) is 10.4. The van der Waals surface area contributed by atoms with E-state index in [2.05, 4.69) is 25.9 Å². The van der Waals surface area contributed by atoms with Gasteiger partial charge < -0.3 is 9.72 Å². The number of ether oxygens (including phenoxy) is 1. The third-order valence-electron chi connectivity index (χ3n) is 3.11.